The van der Waals surface area contributed by atoms with Gasteiger partial charge in [0.25, 0.3) is 0 Å². The van der Waals surface area contributed by atoms with E-state index in [0.717, 1.165) is 19.0 Å². The standard InChI is InChI=1S/C15H11Br3O2/c16-11-7-13(17)15(14(18)8-11)20-9-12(19)6-10-4-2-1-3-5-10/h1-5,7-8H,6,9H2. The van der Waals surface area contributed by atoms with E-state index in [-0.39, 0.29) is 12.4 Å². The molecule has 0 aliphatic rings. The average molecular weight is 463 g/mol. The molecule has 0 N–H and O–H groups in total. The normalized spacial score (nSPS) is 10.3. The van der Waals surface area contributed by atoms with Gasteiger partial charge in [-0.1, -0.05) is 46.3 Å². The van der Waals surface area contributed by atoms with Gasteiger partial charge in [0.05, 0.1) is 8.95 Å². The molecular formula is C15H11Br3O2. The van der Waals surface area contributed by atoms with Gasteiger partial charge in [-0.25, -0.2) is 0 Å². The van der Waals surface area contributed by atoms with Gasteiger partial charge in [-0.2, -0.15) is 0 Å². The van der Waals surface area contributed by atoms with Crippen LogP contribution in [0.4, 0.5) is 0 Å². The van der Waals surface area contributed by atoms with Crippen molar-refractivity contribution in [2.75, 3.05) is 6.61 Å². The molecule has 104 valence electrons. The first-order valence-corrected chi connectivity index (χ1v) is 8.27. The third-order valence-electron chi connectivity index (χ3n) is 2.58. The molecule has 0 bridgehead atoms. The van der Waals surface area contributed by atoms with E-state index in [1.807, 2.05) is 42.5 Å². The molecule has 2 aromatic rings. The number of ketones is 1. The van der Waals surface area contributed by atoms with E-state index in [2.05, 4.69) is 47.8 Å². The Balaban J connectivity index is 1.97. The summed E-state index contributed by atoms with van der Waals surface area (Å²) in [5.74, 6) is 0.674. The molecule has 0 heterocycles. The fourth-order valence-corrected chi connectivity index (χ4v) is 4.18. The van der Waals surface area contributed by atoms with E-state index in [0.29, 0.717) is 12.2 Å². The smallest absolute Gasteiger partial charge is 0.174 e. The molecule has 2 nitrogen and oxygen atoms in total. The number of benzene rings is 2. The number of Topliss-reactive ketones (excluding diaryl/α,β-unsaturated/α-hetero) is 1. The molecule has 0 saturated carbocycles. The van der Waals surface area contributed by atoms with Crippen LogP contribution < -0.4 is 4.74 Å². The van der Waals surface area contributed by atoms with Crippen LogP contribution in [0.1, 0.15) is 5.56 Å². The van der Waals surface area contributed by atoms with Crippen LogP contribution in [0.15, 0.2) is 55.9 Å². The van der Waals surface area contributed by atoms with Gasteiger partial charge in [0, 0.05) is 10.9 Å². The maximum absolute atomic E-state index is 11.9. The maximum Gasteiger partial charge on any atom is 0.174 e. The summed E-state index contributed by atoms with van der Waals surface area (Å²) in [6.45, 7) is 0.0493. The number of hydrogen-bond donors (Lipinski definition) is 0. The van der Waals surface area contributed by atoms with Crippen molar-refractivity contribution in [3.05, 3.63) is 61.4 Å². The van der Waals surface area contributed by atoms with Gasteiger partial charge in [-0.15, -0.1) is 0 Å². The Morgan fingerprint density at radius 1 is 1.00 bits per heavy atom. The van der Waals surface area contributed by atoms with Crippen molar-refractivity contribution in [2.45, 2.75) is 6.42 Å². The third-order valence-corrected chi connectivity index (χ3v) is 4.22. The quantitative estimate of drug-likeness (QED) is 0.613. The highest BCUT2D eigenvalue weighted by Crippen LogP contribution is 2.36. The van der Waals surface area contributed by atoms with Crippen molar-refractivity contribution < 1.29 is 9.53 Å². The minimum Gasteiger partial charge on any atom is -0.483 e. The topological polar surface area (TPSA) is 26.3 Å². The van der Waals surface area contributed by atoms with Gasteiger partial charge in [-0.05, 0) is 49.6 Å². The molecule has 20 heavy (non-hydrogen) atoms. The van der Waals surface area contributed by atoms with Crippen LogP contribution in [0.2, 0.25) is 0 Å². The zero-order valence-electron chi connectivity index (χ0n) is 10.4. The molecule has 0 unspecified atom stereocenters. The van der Waals surface area contributed by atoms with Crippen LogP contribution in [0.5, 0.6) is 5.75 Å². The molecule has 2 rings (SSSR count). The first-order chi connectivity index (χ1) is 9.56. The molecule has 0 aliphatic carbocycles. The zero-order chi connectivity index (χ0) is 14.5. The average Bonchev–Trinajstić information content (AvgIpc) is 2.38. The second-order valence-electron chi connectivity index (χ2n) is 4.19. The largest absolute Gasteiger partial charge is 0.483 e. The molecule has 0 fully saturated rings. The molecular weight excluding hydrogens is 452 g/mol. The maximum atomic E-state index is 11.9. The Hall–Kier alpha value is -0.650. The van der Waals surface area contributed by atoms with Gasteiger partial charge in [0.2, 0.25) is 0 Å². The number of hydrogen-bond acceptors (Lipinski definition) is 2. The van der Waals surface area contributed by atoms with Crippen molar-refractivity contribution in [1.82, 2.24) is 0 Å². The SMILES string of the molecule is O=C(COc1c(Br)cc(Br)cc1Br)Cc1ccccc1. The van der Waals surface area contributed by atoms with Crippen LogP contribution in [0.25, 0.3) is 0 Å². The summed E-state index contributed by atoms with van der Waals surface area (Å²) < 4.78 is 8.12. The summed E-state index contributed by atoms with van der Waals surface area (Å²) in [5, 5.41) is 0. The van der Waals surface area contributed by atoms with E-state index in [4.69, 9.17) is 4.74 Å². The van der Waals surface area contributed by atoms with Crippen molar-refractivity contribution >= 4 is 53.6 Å². The number of rotatable bonds is 5. The number of carbonyl (C=O) groups excluding carboxylic acids is 1. The number of halogens is 3. The molecule has 2 aromatic carbocycles. The summed E-state index contributed by atoms with van der Waals surface area (Å²) in [5.41, 5.74) is 0.995. The highest BCUT2D eigenvalue weighted by molar-refractivity contribution is 9.11. The monoisotopic (exact) mass is 460 g/mol. The van der Waals surface area contributed by atoms with E-state index >= 15 is 0 Å². The van der Waals surface area contributed by atoms with E-state index in [9.17, 15) is 4.79 Å². The Bertz CT molecular complexity index is 589. The highest BCUT2D eigenvalue weighted by atomic mass is 79.9. The second-order valence-corrected chi connectivity index (χ2v) is 6.81. The third kappa shape index (κ3) is 4.43. The Morgan fingerprint density at radius 2 is 1.60 bits per heavy atom. The van der Waals surface area contributed by atoms with Gasteiger partial charge in [0.1, 0.15) is 12.4 Å². The van der Waals surface area contributed by atoms with Crippen LogP contribution in [-0.4, -0.2) is 12.4 Å². The fraction of sp³-hybridized carbons (Fsp3) is 0.133. The molecule has 0 radical (unpaired) electrons. The van der Waals surface area contributed by atoms with E-state index in [1.54, 1.807) is 0 Å². The molecule has 0 atom stereocenters. The number of carbonyl (C=O) groups is 1. The number of ether oxygens (including phenoxy) is 1. The summed E-state index contributed by atoms with van der Waals surface area (Å²) in [7, 11) is 0. The Morgan fingerprint density at radius 3 is 2.20 bits per heavy atom. The highest BCUT2D eigenvalue weighted by Gasteiger charge is 2.11. The summed E-state index contributed by atoms with van der Waals surface area (Å²) >= 11 is 10.2. The summed E-state index contributed by atoms with van der Waals surface area (Å²) in [4.78, 5) is 11.9. The molecule has 0 spiro atoms. The van der Waals surface area contributed by atoms with Gasteiger partial charge in [0.15, 0.2) is 5.78 Å². The zero-order valence-corrected chi connectivity index (χ0v) is 15.2. The van der Waals surface area contributed by atoms with Crippen LogP contribution in [0, 0.1) is 0 Å². The molecule has 5 heteroatoms. The minimum atomic E-state index is 0.0397. The van der Waals surface area contributed by atoms with Gasteiger partial charge >= 0.3 is 0 Å². The van der Waals surface area contributed by atoms with Gasteiger partial charge in [-0.3, -0.25) is 4.79 Å². The van der Waals surface area contributed by atoms with Crippen LogP contribution in [0.3, 0.4) is 0 Å². The van der Waals surface area contributed by atoms with Gasteiger partial charge < -0.3 is 4.74 Å². The van der Waals surface area contributed by atoms with E-state index in [1.165, 1.54) is 0 Å². The molecule has 0 aromatic heterocycles. The Kier molecular flexibility index (Phi) is 5.81. The lowest BCUT2D eigenvalue weighted by atomic mass is 10.1. The second kappa shape index (κ2) is 7.38. The lowest BCUT2D eigenvalue weighted by Gasteiger charge is -2.10. The van der Waals surface area contributed by atoms with Crippen molar-refractivity contribution in [3.8, 4) is 5.75 Å². The first-order valence-electron chi connectivity index (χ1n) is 5.89. The van der Waals surface area contributed by atoms with Crippen molar-refractivity contribution in [1.29, 1.82) is 0 Å². The predicted molar refractivity (Wildman–Crippen MR) is 90.2 cm³/mol. The lowest BCUT2D eigenvalue weighted by Crippen LogP contribution is -2.14. The predicted octanol–water partition coefficient (Wildman–Crippen LogP) is 5.16. The minimum absolute atomic E-state index is 0.0397. The molecule has 0 saturated heterocycles. The summed E-state index contributed by atoms with van der Waals surface area (Å²) in [6.07, 6.45) is 0.382. The first kappa shape index (κ1) is 15.7. The molecule has 0 aliphatic heterocycles. The van der Waals surface area contributed by atoms with Crippen LogP contribution in [-0.2, 0) is 11.2 Å². The van der Waals surface area contributed by atoms with Crippen molar-refractivity contribution in [3.63, 3.8) is 0 Å². The molecule has 0 amide bonds. The van der Waals surface area contributed by atoms with E-state index < -0.39 is 0 Å². The lowest BCUT2D eigenvalue weighted by molar-refractivity contribution is -0.120. The summed E-state index contributed by atoms with van der Waals surface area (Å²) in [6, 6.07) is 13.4. The van der Waals surface area contributed by atoms with Crippen molar-refractivity contribution in [2.24, 2.45) is 0 Å². The van der Waals surface area contributed by atoms with Crippen LogP contribution >= 0.6 is 47.8 Å². The fourth-order valence-electron chi connectivity index (χ4n) is 1.69. The Labute approximate surface area is 142 Å².